The third-order valence-corrected chi connectivity index (χ3v) is 3.86. The van der Waals surface area contributed by atoms with Crippen molar-refractivity contribution in [3.63, 3.8) is 0 Å². The molecule has 0 heterocycles. The highest BCUT2D eigenvalue weighted by atomic mass is 28.1. The average Bonchev–Trinajstić information content (AvgIpc) is 2.45. The second-order valence-electron chi connectivity index (χ2n) is 4.33. The number of ether oxygens (including phenoxy) is 1. The molecule has 0 aliphatic heterocycles. The molecule has 2 aliphatic rings. The maximum Gasteiger partial charge on any atom is 0.0680 e. The second kappa shape index (κ2) is 2.59. The fourth-order valence-corrected chi connectivity index (χ4v) is 3.72. The van der Waals surface area contributed by atoms with E-state index in [0.29, 0.717) is 5.60 Å². The minimum atomic E-state index is 0.296. The summed E-state index contributed by atoms with van der Waals surface area (Å²) in [5.74, 6) is 1.92. The maximum absolute atomic E-state index is 5.89. The Kier molecular flexibility index (Phi) is 1.84. The lowest BCUT2D eigenvalue weighted by molar-refractivity contribution is -0.0483. The molecule has 0 aromatic heterocycles. The van der Waals surface area contributed by atoms with Crippen molar-refractivity contribution in [3.8, 4) is 0 Å². The lowest BCUT2D eigenvalue weighted by Gasteiger charge is -2.33. The van der Waals surface area contributed by atoms with Gasteiger partial charge in [-0.2, -0.15) is 0 Å². The van der Waals surface area contributed by atoms with Crippen molar-refractivity contribution in [1.29, 1.82) is 0 Å². The molecule has 1 nitrogen and oxygen atoms in total. The Morgan fingerprint density at radius 1 is 1.55 bits per heavy atom. The van der Waals surface area contributed by atoms with Crippen LogP contribution in [0.4, 0.5) is 0 Å². The van der Waals surface area contributed by atoms with Gasteiger partial charge in [-0.15, -0.1) is 0 Å². The minimum Gasteiger partial charge on any atom is -0.379 e. The third-order valence-electron chi connectivity index (χ3n) is 3.57. The minimum absolute atomic E-state index is 0.296. The van der Waals surface area contributed by atoms with E-state index in [1.807, 2.05) is 0 Å². The van der Waals surface area contributed by atoms with Crippen molar-refractivity contribution in [2.75, 3.05) is 6.23 Å². The fourth-order valence-electron chi connectivity index (χ4n) is 3.06. The number of fused-ring (bicyclic) bond motifs is 2. The summed E-state index contributed by atoms with van der Waals surface area (Å²) in [6, 6.07) is 0. The van der Waals surface area contributed by atoms with Crippen molar-refractivity contribution >= 4 is 10.2 Å². The SMILES string of the molecule is CC1(OC[SiH3])CC2CCC1C2. The Morgan fingerprint density at radius 2 is 2.36 bits per heavy atom. The molecule has 11 heavy (non-hydrogen) atoms. The van der Waals surface area contributed by atoms with Gasteiger partial charge >= 0.3 is 0 Å². The van der Waals surface area contributed by atoms with Crippen molar-refractivity contribution in [1.82, 2.24) is 0 Å². The van der Waals surface area contributed by atoms with E-state index in [9.17, 15) is 0 Å². The maximum atomic E-state index is 5.89. The van der Waals surface area contributed by atoms with E-state index in [4.69, 9.17) is 4.74 Å². The molecular formula is C9H18OSi. The number of hydrogen-bond donors (Lipinski definition) is 0. The van der Waals surface area contributed by atoms with E-state index < -0.39 is 0 Å². The molecule has 0 spiro atoms. The molecular weight excluding hydrogens is 152 g/mol. The van der Waals surface area contributed by atoms with Gasteiger partial charge in [-0.1, -0.05) is 0 Å². The van der Waals surface area contributed by atoms with Crippen LogP contribution in [0.2, 0.25) is 0 Å². The quantitative estimate of drug-likeness (QED) is 0.560. The highest BCUT2D eigenvalue weighted by Crippen LogP contribution is 2.52. The first-order chi connectivity index (χ1) is 5.24. The molecule has 2 heteroatoms. The van der Waals surface area contributed by atoms with Crippen LogP contribution in [0.15, 0.2) is 0 Å². The van der Waals surface area contributed by atoms with Gasteiger partial charge in [0.05, 0.1) is 5.60 Å². The van der Waals surface area contributed by atoms with E-state index in [-0.39, 0.29) is 0 Å². The zero-order valence-electron chi connectivity index (χ0n) is 7.60. The first-order valence-electron chi connectivity index (χ1n) is 4.88. The molecule has 3 atom stereocenters. The van der Waals surface area contributed by atoms with Gasteiger partial charge < -0.3 is 4.74 Å². The van der Waals surface area contributed by atoms with Gasteiger partial charge in [-0.25, -0.2) is 0 Å². The van der Waals surface area contributed by atoms with Crippen LogP contribution in [-0.4, -0.2) is 22.1 Å². The Bertz CT molecular complexity index is 160. The first-order valence-corrected chi connectivity index (χ1v) is 6.30. The molecule has 0 N–H and O–H groups in total. The predicted molar refractivity (Wildman–Crippen MR) is 49.7 cm³/mol. The Hall–Kier alpha value is 0.177. The highest BCUT2D eigenvalue weighted by molar-refractivity contribution is 6.08. The van der Waals surface area contributed by atoms with E-state index in [1.165, 1.54) is 35.9 Å². The van der Waals surface area contributed by atoms with Crippen LogP contribution >= 0.6 is 0 Å². The molecule has 3 unspecified atom stereocenters. The molecule has 2 fully saturated rings. The van der Waals surface area contributed by atoms with E-state index in [0.717, 1.165) is 18.1 Å². The van der Waals surface area contributed by atoms with Gasteiger partial charge in [0.15, 0.2) is 0 Å². The first kappa shape index (κ1) is 7.81. The van der Waals surface area contributed by atoms with E-state index in [1.54, 1.807) is 0 Å². The summed E-state index contributed by atoms with van der Waals surface area (Å²) in [4.78, 5) is 0. The summed E-state index contributed by atoms with van der Waals surface area (Å²) in [7, 11) is 1.19. The van der Waals surface area contributed by atoms with Crippen LogP contribution in [0.25, 0.3) is 0 Å². The van der Waals surface area contributed by atoms with Crippen LogP contribution in [0.1, 0.15) is 32.6 Å². The summed E-state index contributed by atoms with van der Waals surface area (Å²) in [6.07, 6.45) is 6.74. The summed E-state index contributed by atoms with van der Waals surface area (Å²) in [6.45, 7) is 2.33. The summed E-state index contributed by atoms with van der Waals surface area (Å²) in [5.41, 5.74) is 0.296. The van der Waals surface area contributed by atoms with Gasteiger partial charge in [0.25, 0.3) is 0 Å². The van der Waals surface area contributed by atoms with Crippen molar-refractivity contribution in [2.45, 2.75) is 38.2 Å². The highest BCUT2D eigenvalue weighted by Gasteiger charge is 2.48. The van der Waals surface area contributed by atoms with Crippen molar-refractivity contribution < 1.29 is 4.74 Å². The monoisotopic (exact) mass is 170 g/mol. The van der Waals surface area contributed by atoms with Crippen molar-refractivity contribution in [2.24, 2.45) is 11.8 Å². The molecule has 0 aromatic rings. The normalized spacial score (nSPS) is 48.8. The molecule has 2 rings (SSSR count). The van der Waals surface area contributed by atoms with Crippen molar-refractivity contribution in [3.05, 3.63) is 0 Å². The van der Waals surface area contributed by atoms with Crippen LogP contribution in [0.3, 0.4) is 0 Å². The topological polar surface area (TPSA) is 9.23 Å². The Labute approximate surface area is 71.9 Å². The molecule has 2 bridgehead atoms. The summed E-state index contributed by atoms with van der Waals surface area (Å²) >= 11 is 0. The average molecular weight is 170 g/mol. The van der Waals surface area contributed by atoms with Gasteiger partial charge in [0, 0.05) is 16.5 Å². The standard InChI is InChI=1S/C9H18OSi/c1-9(10-6-11)5-7-2-3-8(9)4-7/h7-8H,2-6H2,1,11H3. The molecule has 0 saturated heterocycles. The Morgan fingerprint density at radius 3 is 2.82 bits per heavy atom. The van der Waals surface area contributed by atoms with Gasteiger partial charge in [-0.3, -0.25) is 0 Å². The smallest absolute Gasteiger partial charge is 0.0680 e. The van der Waals surface area contributed by atoms with Crippen LogP contribution < -0.4 is 0 Å². The summed E-state index contributed by atoms with van der Waals surface area (Å²) in [5, 5.41) is 0. The van der Waals surface area contributed by atoms with Crippen LogP contribution in [0.5, 0.6) is 0 Å². The third kappa shape index (κ3) is 1.16. The molecule has 64 valence electrons. The van der Waals surface area contributed by atoms with Gasteiger partial charge in [0.2, 0.25) is 0 Å². The van der Waals surface area contributed by atoms with E-state index in [2.05, 4.69) is 6.92 Å². The largest absolute Gasteiger partial charge is 0.379 e. The lowest BCUT2D eigenvalue weighted by atomic mass is 9.86. The van der Waals surface area contributed by atoms with Gasteiger partial charge in [0.1, 0.15) is 0 Å². The zero-order chi connectivity index (χ0) is 7.90. The summed E-state index contributed by atoms with van der Waals surface area (Å²) < 4.78 is 5.89. The number of rotatable bonds is 2. The molecule has 2 aliphatic carbocycles. The van der Waals surface area contributed by atoms with Gasteiger partial charge in [-0.05, 0) is 44.4 Å². The number of hydrogen-bond acceptors (Lipinski definition) is 1. The zero-order valence-corrected chi connectivity index (χ0v) is 9.60. The van der Waals surface area contributed by atoms with E-state index >= 15 is 0 Å². The predicted octanol–water partition coefficient (Wildman–Crippen LogP) is 0.905. The Balaban J connectivity index is 2.04. The molecule has 0 aromatic carbocycles. The molecule has 2 saturated carbocycles. The van der Waals surface area contributed by atoms with Crippen LogP contribution in [-0.2, 0) is 4.74 Å². The molecule has 0 amide bonds. The second-order valence-corrected chi connectivity index (χ2v) is 4.90. The molecule has 0 radical (unpaired) electrons. The fraction of sp³-hybridized carbons (Fsp3) is 1.00. The van der Waals surface area contributed by atoms with Crippen LogP contribution in [0, 0.1) is 11.8 Å². The lowest BCUT2D eigenvalue weighted by Crippen LogP contribution is -2.35.